The zero-order valence-electron chi connectivity index (χ0n) is 10.8. The van der Waals surface area contributed by atoms with Crippen molar-refractivity contribution in [1.29, 1.82) is 0 Å². The molecule has 2 bridgehead atoms. The minimum atomic E-state index is -0.281. The summed E-state index contributed by atoms with van der Waals surface area (Å²) in [6.07, 6.45) is 5.20. The Labute approximate surface area is 98.1 Å². The fourth-order valence-corrected chi connectivity index (χ4v) is 3.21. The van der Waals surface area contributed by atoms with Gasteiger partial charge in [-0.1, -0.05) is 13.0 Å². The maximum absolute atomic E-state index is 12.0. The number of Topliss-reactive ketones (excluding diaryl/α,β-unsaturated/α-hetero) is 1. The SMILES string of the molecule is CCOC(C)(C)C1=C[C@@]2(C)CC[C@@H]1C(=O)C2. The third-order valence-electron chi connectivity index (χ3n) is 4.05. The van der Waals surface area contributed by atoms with Crippen molar-refractivity contribution in [2.45, 2.75) is 52.6 Å². The van der Waals surface area contributed by atoms with Crippen LogP contribution in [0.1, 0.15) is 47.0 Å². The van der Waals surface area contributed by atoms with E-state index in [0.717, 1.165) is 19.3 Å². The first-order chi connectivity index (χ1) is 7.38. The van der Waals surface area contributed by atoms with Gasteiger partial charge in [-0.3, -0.25) is 4.79 Å². The molecule has 0 aromatic heterocycles. The van der Waals surface area contributed by atoms with E-state index >= 15 is 0 Å². The molecule has 0 N–H and O–H groups in total. The van der Waals surface area contributed by atoms with Crippen LogP contribution >= 0.6 is 0 Å². The molecule has 2 nitrogen and oxygen atoms in total. The molecule has 0 amide bonds. The van der Waals surface area contributed by atoms with Crippen LogP contribution in [0.4, 0.5) is 0 Å². The molecule has 0 radical (unpaired) electrons. The summed E-state index contributed by atoms with van der Waals surface area (Å²) in [7, 11) is 0. The molecule has 3 rings (SSSR count). The molecule has 2 atom stereocenters. The lowest BCUT2D eigenvalue weighted by Crippen LogP contribution is -2.44. The second-order valence-corrected chi connectivity index (χ2v) is 5.93. The molecule has 0 aromatic carbocycles. The molecule has 16 heavy (non-hydrogen) atoms. The second-order valence-electron chi connectivity index (χ2n) is 5.93. The number of hydrogen-bond acceptors (Lipinski definition) is 2. The Morgan fingerprint density at radius 2 is 2.25 bits per heavy atom. The molecule has 3 aliphatic carbocycles. The Morgan fingerprint density at radius 3 is 2.75 bits per heavy atom. The van der Waals surface area contributed by atoms with Crippen molar-refractivity contribution in [3.8, 4) is 0 Å². The fourth-order valence-electron chi connectivity index (χ4n) is 3.21. The standard InChI is InChI=1S/C14H22O2/c1-5-16-13(2,3)11-8-14(4)7-6-10(11)12(15)9-14/h8,10H,5-7,9H2,1-4H3/t10-,14+/m0/s1. The van der Waals surface area contributed by atoms with E-state index in [1.807, 2.05) is 6.92 Å². The first-order valence-electron chi connectivity index (χ1n) is 6.28. The molecule has 0 aromatic rings. The van der Waals surface area contributed by atoms with Crippen LogP contribution in [0.3, 0.4) is 0 Å². The molecule has 90 valence electrons. The minimum Gasteiger partial charge on any atom is -0.371 e. The molecular formula is C14H22O2. The van der Waals surface area contributed by atoms with Gasteiger partial charge in [0.25, 0.3) is 0 Å². The number of rotatable bonds is 3. The summed E-state index contributed by atoms with van der Waals surface area (Å²) in [5.74, 6) is 0.544. The molecule has 0 spiro atoms. The predicted octanol–water partition coefficient (Wildman–Crippen LogP) is 3.12. The predicted molar refractivity (Wildman–Crippen MR) is 64.2 cm³/mol. The van der Waals surface area contributed by atoms with Gasteiger partial charge in [0.2, 0.25) is 0 Å². The third-order valence-corrected chi connectivity index (χ3v) is 4.05. The highest BCUT2D eigenvalue weighted by atomic mass is 16.5. The van der Waals surface area contributed by atoms with Gasteiger partial charge in [-0.05, 0) is 44.6 Å². The number of carbonyl (C=O) groups is 1. The Hall–Kier alpha value is -0.630. The van der Waals surface area contributed by atoms with Crippen molar-refractivity contribution in [2.24, 2.45) is 11.3 Å². The third kappa shape index (κ3) is 1.84. The fraction of sp³-hybridized carbons (Fsp3) is 0.786. The van der Waals surface area contributed by atoms with Crippen molar-refractivity contribution in [2.75, 3.05) is 6.61 Å². The lowest BCUT2D eigenvalue weighted by molar-refractivity contribution is -0.128. The molecule has 3 aliphatic rings. The number of allylic oxidation sites excluding steroid dienone is 1. The highest BCUT2D eigenvalue weighted by Gasteiger charge is 2.46. The van der Waals surface area contributed by atoms with E-state index < -0.39 is 0 Å². The molecule has 0 saturated heterocycles. The van der Waals surface area contributed by atoms with Crippen LogP contribution in [0.5, 0.6) is 0 Å². The van der Waals surface area contributed by atoms with Crippen molar-refractivity contribution in [3.63, 3.8) is 0 Å². The van der Waals surface area contributed by atoms with Gasteiger partial charge < -0.3 is 4.74 Å². The van der Waals surface area contributed by atoms with Crippen LogP contribution in [0.2, 0.25) is 0 Å². The summed E-state index contributed by atoms with van der Waals surface area (Å²) < 4.78 is 5.79. The van der Waals surface area contributed by atoms with Crippen LogP contribution in [0, 0.1) is 11.3 Å². The number of carbonyl (C=O) groups excluding carboxylic acids is 1. The quantitative estimate of drug-likeness (QED) is 0.686. The monoisotopic (exact) mass is 222 g/mol. The summed E-state index contributed by atoms with van der Waals surface area (Å²) in [4.78, 5) is 12.0. The van der Waals surface area contributed by atoms with Crippen molar-refractivity contribution < 1.29 is 9.53 Å². The summed E-state index contributed by atoms with van der Waals surface area (Å²) in [5.41, 5.74) is 1.03. The van der Waals surface area contributed by atoms with Gasteiger partial charge in [0.15, 0.2) is 0 Å². The first-order valence-corrected chi connectivity index (χ1v) is 6.28. The van der Waals surface area contributed by atoms with E-state index in [4.69, 9.17) is 4.74 Å². The van der Waals surface area contributed by atoms with Gasteiger partial charge in [-0.15, -0.1) is 0 Å². The molecular weight excluding hydrogens is 200 g/mol. The summed E-state index contributed by atoms with van der Waals surface area (Å²) in [6.45, 7) is 9.07. The topological polar surface area (TPSA) is 26.3 Å². The van der Waals surface area contributed by atoms with E-state index in [2.05, 4.69) is 26.8 Å². The average molecular weight is 222 g/mol. The summed E-state index contributed by atoms with van der Waals surface area (Å²) in [6, 6.07) is 0. The maximum atomic E-state index is 12.0. The van der Waals surface area contributed by atoms with Gasteiger partial charge >= 0.3 is 0 Å². The molecule has 0 heterocycles. The summed E-state index contributed by atoms with van der Waals surface area (Å²) >= 11 is 0. The lowest BCUT2D eigenvalue weighted by atomic mass is 9.60. The lowest BCUT2D eigenvalue weighted by Gasteiger charge is -2.46. The molecule has 0 unspecified atom stereocenters. The van der Waals surface area contributed by atoms with Gasteiger partial charge in [0, 0.05) is 18.9 Å². The maximum Gasteiger partial charge on any atom is 0.140 e. The van der Waals surface area contributed by atoms with Crippen molar-refractivity contribution in [1.82, 2.24) is 0 Å². The van der Waals surface area contributed by atoms with E-state index in [-0.39, 0.29) is 16.9 Å². The average Bonchev–Trinajstić information content (AvgIpc) is 2.16. The Morgan fingerprint density at radius 1 is 1.56 bits per heavy atom. The van der Waals surface area contributed by atoms with Crippen LogP contribution in [-0.2, 0) is 9.53 Å². The van der Waals surface area contributed by atoms with Gasteiger partial charge in [-0.2, -0.15) is 0 Å². The van der Waals surface area contributed by atoms with Crippen LogP contribution in [0.25, 0.3) is 0 Å². The second kappa shape index (κ2) is 3.69. The molecule has 2 heteroatoms. The van der Waals surface area contributed by atoms with E-state index in [0.29, 0.717) is 12.4 Å². The first kappa shape index (κ1) is 11.8. The zero-order chi connectivity index (χ0) is 12.0. The van der Waals surface area contributed by atoms with Crippen LogP contribution in [-0.4, -0.2) is 18.0 Å². The highest BCUT2D eigenvalue weighted by molar-refractivity contribution is 5.87. The van der Waals surface area contributed by atoms with Gasteiger partial charge in [0.05, 0.1) is 5.60 Å². The number of hydrogen-bond donors (Lipinski definition) is 0. The van der Waals surface area contributed by atoms with Crippen molar-refractivity contribution >= 4 is 5.78 Å². The van der Waals surface area contributed by atoms with E-state index in [9.17, 15) is 4.79 Å². The summed E-state index contributed by atoms with van der Waals surface area (Å²) in [5, 5.41) is 0. The van der Waals surface area contributed by atoms with Gasteiger partial charge in [0.1, 0.15) is 5.78 Å². The Bertz CT molecular complexity index is 341. The Kier molecular flexibility index (Phi) is 2.73. The number of ketones is 1. The zero-order valence-corrected chi connectivity index (χ0v) is 10.8. The number of fused-ring (bicyclic) bond motifs is 2. The van der Waals surface area contributed by atoms with Crippen LogP contribution < -0.4 is 0 Å². The minimum absolute atomic E-state index is 0.0928. The molecule has 1 fully saturated rings. The van der Waals surface area contributed by atoms with Crippen LogP contribution in [0.15, 0.2) is 11.6 Å². The molecule has 0 aliphatic heterocycles. The van der Waals surface area contributed by atoms with E-state index in [1.54, 1.807) is 0 Å². The smallest absolute Gasteiger partial charge is 0.140 e. The highest BCUT2D eigenvalue weighted by Crippen LogP contribution is 2.50. The van der Waals surface area contributed by atoms with Crippen molar-refractivity contribution in [3.05, 3.63) is 11.6 Å². The Balaban J connectivity index is 2.35. The van der Waals surface area contributed by atoms with E-state index in [1.165, 1.54) is 5.57 Å². The molecule has 1 saturated carbocycles. The normalized spacial score (nSPS) is 34.1. The number of ether oxygens (including phenoxy) is 1. The van der Waals surface area contributed by atoms with Gasteiger partial charge in [-0.25, -0.2) is 0 Å². The largest absolute Gasteiger partial charge is 0.371 e.